The van der Waals surface area contributed by atoms with E-state index in [-0.39, 0.29) is 11.7 Å². The Labute approximate surface area is 119 Å². The van der Waals surface area contributed by atoms with Crippen molar-refractivity contribution in [2.24, 2.45) is 0 Å². The van der Waals surface area contributed by atoms with Gasteiger partial charge in [-0.05, 0) is 44.1 Å². The number of phenols is 1. The lowest BCUT2D eigenvalue weighted by Crippen LogP contribution is -2.35. The fourth-order valence-electron chi connectivity index (χ4n) is 2.52. The average Bonchev–Trinajstić information content (AvgIpc) is 2.70. The minimum absolute atomic E-state index is 0.0527. The maximum Gasteiger partial charge on any atom is 0.253 e. The number of carbonyl (C=O) groups is 1. The number of anilines is 1. The summed E-state index contributed by atoms with van der Waals surface area (Å²) in [5, 5.41) is 12.3. The molecule has 0 spiro atoms. The van der Waals surface area contributed by atoms with Crippen LogP contribution in [0, 0.1) is 0 Å². The molecule has 1 aromatic rings. The summed E-state index contributed by atoms with van der Waals surface area (Å²) in [6.07, 6.45) is 5.10. The van der Waals surface area contributed by atoms with Crippen LogP contribution in [-0.4, -0.2) is 42.1 Å². The molecule has 0 saturated carbocycles. The molecule has 4 N–H and O–H groups in total. The van der Waals surface area contributed by atoms with Crippen molar-refractivity contribution in [1.82, 2.24) is 10.2 Å². The third-order valence-corrected chi connectivity index (χ3v) is 3.69. The molecular weight excluding hydrogens is 254 g/mol. The molecule has 110 valence electrons. The molecule has 0 atom stereocenters. The van der Waals surface area contributed by atoms with Crippen LogP contribution in [0.15, 0.2) is 18.2 Å². The van der Waals surface area contributed by atoms with Gasteiger partial charge in [0.25, 0.3) is 5.91 Å². The number of hydrogen-bond donors (Lipinski definition) is 3. The molecule has 1 saturated heterocycles. The number of nitrogen functional groups attached to an aromatic ring is 1. The molecule has 1 heterocycles. The summed E-state index contributed by atoms with van der Waals surface area (Å²) in [6, 6.07) is 4.42. The first-order valence-corrected chi connectivity index (χ1v) is 7.26. The molecule has 0 aliphatic carbocycles. The van der Waals surface area contributed by atoms with Crippen LogP contribution < -0.4 is 11.1 Å². The van der Waals surface area contributed by atoms with Crippen molar-refractivity contribution in [3.8, 4) is 5.75 Å². The molecule has 20 heavy (non-hydrogen) atoms. The summed E-state index contributed by atoms with van der Waals surface area (Å²) in [5.41, 5.74) is 6.46. The first-order chi connectivity index (χ1) is 9.66. The van der Waals surface area contributed by atoms with Crippen LogP contribution in [0.25, 0.3) is 0 Å². The lowest BCUT2D eigenvalue weighted by Gasteiger charge is -2.19. The maximum absolute atomic E-state index is 12.0. The van der Waals surface area contributed by atoms with Crippen LogP contribution in [0.4, 0.5) is 5.69 Å². The van der Waals surface area contributed by atoms with Gasteiger partial charge in [-0.3, -0.25) is 4.79 Å². The highest BCUT2D eigenvalue weighted by Gasteiger charge is 2.12. The van der Waals surface area contributed by atoms with Crippen molar-refractivity contribution < 1.29 is 9.90 Å². The number of phenolic OH excluding ortho intramolecular Hbond substituents is 1. The second-order valence-corrected chi connectivity index (χ2v) is 5.28. The molecule has 0 aromatic heterocycles. The highest BCUT2D eigenvalue weighted by molar-refractivity contribution is 5.99. The van der Waals surface area contributed by atoms with Crippen molar-refractivity contribution in [1.29, 1.82) is 0 Å². The number of aromatic hydroxyl groups is 1. The van der Waals surface area contributed by atoms with Crippen molar-refractivity contribution in [2.75, 3.05) is 31.9 Å². The smallest absolute Gasteiger partial charge is 0.253 e. The number of rotatable bonds is 4. The van der Waals surface area contributed by atoms with Gasteiger partial charge in [-0.25, -0.2) is 0 Å². The van der Waals surface area contributed by atoms with E-state index in [1.807, 2.05) is 0 Å². The first-order valence-electron chi connectivity index (χ1n) is 7.26. The fourth-order valence-corrected chi connectivity index (χ4v) is 2.52. The van der Waals surface area contributed by atoms with Crippen LogP contribution in [-0.2, 0) is 0 Å². The summed E-state index contributed by atoms with van der Waals surface area (Å²) < 4.78 is 0. The molecule has 5 heteroatoms. The van der Waals surface area contributed by atoms with Gasteiger partial charge in [-0.15, -0.1) is 0 Å². The number of nitrogens with zero attached hydrogens (tertiary/aromatic N) is 1. The molecular formula is C15H23N3O2. The maximum atomic E-state index is 12.0. The Bertz CT molecular complexity index is 454. The number of nitrogens with two attached hydrogens (primary N) is 1. The Kier molecular flexibility index (Phi) is 5.24. The van der Waals surface area contributed by atoms with Gasteiger partial charge < -0.3 is 21.1 Å². The molecule has 2 rings (SSSR count). The van der Waals surface area contributed by atoms with Gasteiger partial charge in [0.15, 0.2) is 0 Å². The largest absolute Gasteiger partial charge is 0.508 e. The third-order valence-electron chi connectivity index (χ3n) is 3.69. The van der Waals surface area contributed by atoms with Gasteiger partial charge in [0.05, 0.1) is 5.56 Å². The van der Waals surface area contributed by atoms with E-state index in [9.17, 15) is 9.90 Å². The van der Waals surface area contributed by atoms with E-state index in [2.05, 4.69) is 10.2 Å². The minimum atomic E-state index is -0.228. The van der Waals surface area contributed by atoms with Crippen molar-refractivity contribution in [3.05, 3.63) is 23.8 Å². The quantitative estimate of drug-likeness (QED) is 0.577. The standard InChI is InChI=1S/C15H23N3O2/c16-14-6-5-12(19)11-13(14)15(20)17-7-10-18-8-3-1-2-4-9-18/h5-6,11,19H,1-4,7-10,16H2,(H,17,20). The zero-order chi connectivity index (χ0) is 14.4. The number of nitrogens with one attached hydrogen (secondary N) is 1. The number of carbonyl (C=O) groups excluding carboxylic acids is 1. The van der Waals surface area contributed by atoms with Gasteiger partial charge in [0.1, 0.15) is 5.75 Å². The molecule has 1 aromatic carbocycles. The Hall–Kier alpha value is -1.75. The molecule has 0 unspecified atom stereocenters. The molecule has 1 aliphatic heterocycles. The van der Waals surface area contributed by atoms with Gasteiger partial charge in [-0.1, -0.05) is 12.8 Å². The van der Waals surface area contributed by atoms with Crippen molar-refractivity contribution >= 4 is 11.6 Å². The van der Waals surface area contributed by atoms with E-state index in [0.717, 1.165) is 19.6 Å². The minimum Gasteiger partial charge on any atom is -0.508 e. The second kappa shape index (κ2) is 7.14. The third kappa shape index (κ3) is 4.13. The normalized spacial score (nSPS) is 16.6. The Balaban J connectivity index is 1.81. The summed E-state index contributed by atoms with van der Waals surface area (Å²) >= 11 is 0. The zero-order valence-electron chi connectivity index (χ0n) is 11.8. The highest BCUT2D eigenvalue weighted by atomic mass is 16.3. The van der Waals surface area contributed by atoms with E-state index < -0.39 is 0 Å². The predicted octanol–water partition coefficient (Wildman–Crippen LogP) is 1.58. The second-order valence-electron chi connectivity index (χ2n) is 5.28. The topological polar surface area (TPSA) is 78.6 Å². The van der Waals surface area contributed by atoms with E-state index in [4.69, 9.17) is 5.73 Å². The van der Waals surface area contributed by atoms with Crippen LogP contribution in [0.1, 0.15) is 36.0 Å². The van der Waals surface area contributed by atoms with Gasteiger partial charge in [0, 0.05) is 18.8 Å². The SMILES string of the molecule is Nc1ccc(O)cc1C(=O)NCCN1CCCCCC1. The lowest BCUT2D eigenvalue weighted by molar-refractivity contribution is 0.0949. The van der Waals surface area contributed by atoms with Crippen LogP contribution >= 0.6 is 0 Å². The van der Waals surface area contributed by atoms with Crippen LogP contribution in [0.2, 0.25) is 0 Å². The number of hydrogen-bond acceptors (Lipinski definition) is 4. The summed E-state index contributed by atoms with van der Waals surface area (Å²) in [4.78, 5) is 14.4. The molecule has 5 nitrogen and oxygen atoms in total. The summed E-state index contributed by atoms with van der Waals surface area (Å²) in [5.74, 6) is -0.176. The van der Waals surface area contributed by atoms with Crippen molar-refractivity contribution in [3.63, 3.8) is 0 Å². The monoisotopic (exact) mass is 277 g/mol. The summed E-state index contributed by atoms with van der Waals surface area (Å²) in [6.45, 7) is 3.70. The van der Waals surface area contributed by atoms with Gasteiger partial charge >= 0.3 is 0 Å². The number of likely N-dealkylation sites (tertiary alicyclic amines) is 1. The molecule has 1 fully saturated rings. The Morgan fingerprint density at radius 3 is 2.65 bits per heavy atom. The van der Waals surface area contributed by atoms with E-state index in [1.54, 1.807) is 6.07 Å². The lowest BCUT2D eigenvalue weighted by atomic mass is 10.1. The molecule has 1 amide bonds. The van der Waals surface area contributed by atoms with E-state index in [0.29, 0.717) is 17.8 Å². The van der Waals surface area contributed by atoms with E-state index in [1.165, 1.54) is 37.8 Å². The molecule has 1 aliphatic rings. The molecule has 0 bridgehead atoms. The number of benzene rings is 1. The fraction of sp³-hybridized carbons (Fsp3) is 0.533. The zero-order valence-corrected chi connectivity index (χ0v) is 11.8. The van der Waals surface area contributed by atoms with Crippen LogP contribution in [0.5, 0.6) is 5.75 Å². The Morgan fingerprint density at radius 2 is 1.95 bits per heavy atom. The van der Waals surface area contributed by atoms with Gasteiger partial charge in [0.2, 0.25) is 0 Å². The van der Waals surface area contributed by atoms with Crippen LogP contribution in [0.3, 0.4) is 0 Å². The first kappa shape index (κ1) is 14.7. The molecule has 0 radical (unpaired) electrons. The van der Waals surface area contributed by atoms with Gasteiger partial charge in [-0.2, -0.15) is 0 Å². The van der Waals surface area contributed by atoms with Crippen molar-refractivity contribution in [2.45, 2.75) is 25.7 Å². The number of amides is 1. The summed E-state index contributed by atoms with van der Waals surface area (Å²) in [7, 11) is 0. The highest BCUT2D eigenvalue weighted by Crippen LogP contribution is 2.18. The Morgan fingerprint density at radius 1 is 1.25 bits per heavy atom. The average molecular weight is 277 g/mol. The van der Waals surface area contributed by atoms with E-state index >= 15 is 0 Å². The predicted molar refractivity (Wildman–Crippen MR) is 79.8 cm³/mol.